The summed E-state index contributed by atoms with van der Waals surface area (Å²) in [5, 5.41) is 46.6. The average Bonchev–Trinajstić information content (AvgIpc) is 3.81. The van der Waals surface area contributed by atoms with Crippen LogP contribution < -0.4 is 60.2 Å². The fourth-order valence-electron chi connectivity index (χ4n) is 7.00. The van der Waals surface area contributed by atoms with Gasteiger partial charge in [0, 0.05) is 31.3 Å². The van der Waals surface area contributed by atoms with Crippen molar-refractivity contribution >= 4 is 59.2 Å². The van der Waals surface area contributed by atoms with Gasteiger partial charge in [0.2, 0.25) is 41.4 Å². The number of carbonyl (C=O) groups excluding carboxylic acids is 7. The Morgan fingerprint density at radius 3 is 1.79 bits per heavy atom. The minimum absolute atomic E-state index is 0.0258. The van der Waals surface area contributed by atoms with Gasteiger partial charge in [0.1, 0.15) is 42.0 Å². The molecule has 0 aliphatic carbocycles. The van der Waals surface area contributed by atoms with E-state index in [1.54, 1.807) is 27.7 Å². The number of carboxylic acid groups (broad SMARTS) is 2. The molecule has 2 aromatic rings. The van der Waals surface area contributed by atoms with Crippen molar-refractivity contribution in [2.45, 2.75) is 134 Å². The Bertz CT molecular complexity index is 2100. The number of H-pyrrole nitrogens is 1. The normalized spacial score (nSPS) is 14.0. The molecule has 0 bridgehead atoms. The van der Waals surface area contributed by atoms with Crippen LogP contribution in [0.3, 0.4) is 0 Å². The van der Waals surface area contributed by atoms with Crippen molar-refractivity contribution in [1.29, 1.82) is 0 Å². The number of nitrogens with one attached hydrogen (secondary N) is 8. The largest absolute Gasteiger partial charge is 0.508 e. The molecule has 0 unspecified atom stereocenters. The van der Waals surface area contributed by atoms with Crippen LogP contribution >= 0.6 is 0 Å². The van der Waals surface area contributed by atoms with Gasteiger partial charge in [-0.05, 0) is 74.6 Å². The lowest BCUT2D eigenvalue weighted by Crippen LogP contribution is -2.60. The Labute approximate surface area is 411 Å². The van der Waals surface area contributed by atoms with Crippen LogP contribution in [0.5, 0.6) is 5.75 Å². The van der Waals surface area contributed by atoms with Gasteiger partial charge in [-0.1, -0.05) is 46.2 Å². The van der Waals surface area contributed by atoms with Crippen LogP contribution in [-0.2, 0) is 56.0 Å². The maximum absolute atomic E-state index is 14.1. The number of nitrogens with zero attached hydrogens (tertiary/aromatic N) is 2. The zero-order valence-corrected chi connectivity index (χ0v) is 40.6. The lowest BCUT2D eigenvalue weighted by atomic mass is 10.0. The van der Waals surface area contributed by atoms with Crippen LogP contribution in [-0.4, -0.2) is 146 Å². The highest BCUT2D eigenvalue weighted by atomic mass is 16.4. The Morgan fingerprint density at radius 2 is 1.21 bits per heavy atom. The number of amides is 7. The molecule has 394 valence electrons. The zero-order chi connectivity index (χ0) is 53.2. The summed E-state index contributed by atoms with van der Waals surface area (Å²) in [7, 11) is 0. The molecule has 7 amide bonds. The summed E-state index contributed by atoms with van der Waals surface area (Å²) in [4.78, 5) is 130. The lowest BCUT2D eigenvalue weighted by molar-refractivity contribution is -0.143. The summed E-state index contributed by atoms with van der Waals surface area (Å²) >= 11 is 0. The van der Waals surface area contributed by atoms with E-state index in [4.69, 9.17) is 22.9 Å². The van der Waals surface area contributed by atoms with Crippen LogP contribution in [0.15, 0.2) is 41.8 Å². The smallest absolute Gasteiger partial charge is 0.326 e. The van der Waals surface area contributed by atoms with Crippen molar-refractivity contribution in [1.82, 2.24) is 47.2 Å². The Balaban J connectivity index is 2.38. The molecule has 1 aromatic heterocycles. The van der Waals surface area contributed by atoms with Crippen molar-refractivity contribution in [2.24, 2.45) is 39.8 Å². The summed E-state index contributed by atoms with van der Waals surface area (Å²) < 4.78 is 0. The number of aliphatic carboxylic acids is 2. The quantitative estimate of drug-likeness (QED) is 0.0194. The summed E-state index contributed by atoms with van der Waals surface area (Å²) in [6.45, 7) is 6.83. The second-order valence-corrected chi connectivity index (χ2v) is 17.8. The molecule has 26 nitrogen and oxygen atoms in total. The van der Waals surface area contributed by atoms with Crippen molar-refractivity contribution in [3.63, 3.8) is 0 Å². The van der Waals surface area contributed by atoms with E-state index in [0.717, 1.165) is 0 Å². The number of unbranched alkanes of at least 4 members (excludes halogenated alkanes) is 1. The molecule has 26 heteroatoms. The van der Waals surface area contributed by atoms with Gasteiger partial charge < -0.3 is 80.5 Å². The van der Waals surface area contributed by atoms with Gasteiger partial charge >= 0.3 is 11.9 Å². The maximum Gasteiger partial charge on any atom is 0.326 e. The maximum atomic E-state index is 14.1. The number of guanidine groups is 1. The molecule has 0 radical (unpaired) electrons. The number of rotatable bonds is 33. The van der Waals surface area contributed by atoms with Gasteiger partial charge in [0.15, 0.2) is 5.96 Å². The van der Waals surface area contributed by atoms with Crippen LogP contribution in [0, 0.1) is 11.8 Å². The summed E-state index contributed by atoms with van der Waals surface area (Å²) in [6, 6.07) is -3.94. The van der Waals surface area contributed by atoms with E-state index >= 15 is 0 Å². The summed E-state index contributed by atoms with van der Waals surface area (Å²) in [6.07, 6.45) is 2.80. The van der Waals surface area contributed by atoms with Crippen LogP contribution in [0.2, 0.25) is 0 Å². The molecule has 0 aliphatic rings. The topological polar surface area (TPSA) is 444 Å². The van der Waals surface area contributed by atoms with Crippen molar-refractivity contribution in [2.75, 3.05) is 19.6 Å². The molecule has 0 aliphatic heterocycles. The van der Waals surface area contributed by atoms with E-state index in [2.05, 4.69) is 52.2 Å². The first-order chi connectivity index (χ1) is 33.5. The molecule has 7 atom stereocenters. The second kappa shape index (κ2) is 31.0. The Hall–Kier alpha value is -7.35. The number of carbonyl (C=O) groups is 9. The van der Waals surface area contributed by atoms with Crippen molar-refractivity contribution in [3.8, 4) is 5.75 Å². The average molecular weight is 1000 g/mol. The number of phenolic OH excluding ortho intramolecular Hbond substituents is 1. The predicted octanol–water partition coefficient (Wildman–Crippen LogP) is -2.91. The number of hydrogen-bond donors (Lipinski definition) is 15. The fourth-order valence-corrected chi connectivity index (χ4v) is 7.00. The molecule has 0 fully saturated rings. The number of aliphatic imine (C=N–C) groups is 1. The minimum atomic E-state index is -1.83. The summed E-state index contributed by atoms with van der Waals surface area (Å²) in [5.41, 5.74) is 23.4. The van der Waals surface area contributed by atoms with Gasteiger partial charge in [-0.25, -0.2) is 9.78 Å². The van der Waals surface area contributed by atoms with Crippen molar-refractivity contribution in [3.05, 3.63) is 48.0 Å². The molecule has 71 heavy (non-hydrogen) atoms. The van der Waals surface area contributed by atoms with Gasteiger partial charge in [-0.3, -0.25) is 43.3 Å². The number of aromatic nitrogens is 2. The van der Waals surface area contributed by atoms with E-state index in [1.807, 2.05) is 0 Å². The third kappa shape index (κ3) is 23.7. The Morgan fingerprint density at radius 1 is 0.662 bits per heavy atom. The molecule has 0 spiro atoms. The van der Waals surface area contributed by atoms with Gasteiger partial charge in [-0.15, -0.1) is 0 Å². The molecule has 19 N–H and O–H groups in total. The first-order valence-corrected chi connectivity index (χ1v) is 23.3. The molecule has 2 rings (SSSR count). The zero-order valence-electron chi connectivity index (χ0n) is 40.6. The predicted molar refractivity (Wildman–Crippen MR) is 258 cm³/mol. The molecule has 1 aromatic carbocycles. The van der Waals surface area contributed by atoms with E-state index in [9.17, 15) is 58.5 Å². The van der Waals surface area contributed by atoms with E-state index in [-0.39, 0.29) is 75.0 Å². The first kappa shape index (κ1) is 59.8. The number of aromatic hydroxyl groups is 1. The van der Waals surface area contributed by atoms with Gasteiger partial charge in [0.05, 0.1) is 25.3 Å². The summed E-state index contributed by atoms with van der Waals surface area (Å²) in [5.74, 6) is -9.51. The highest BCUT2D eigenvalue weighted by molar-refractivity contribution is 5.98. The number of hydrogen-bond acceptors (Lipinski definition) is 14. The second-order valence-electron chi connectivity index (χ2n) is 17.8. The first-order valence-electron chi connectivity index (χ1n) is 23.3. The van der Waals surface area contributed by atoms with Crippen molar-refractivity contribution < 1.29 is 58.5 Å². The van der Waals surface area contributed by atoms with Crippen LogP contribution in [0.4, 0.5) is 0 Å². The third-order valence-corrected chi connectivity index (χ3v) is 10.6. The highest BCUT2D eigenvalue weighted by Gasteiger charge is 2.34. The molecule has 1 heterocycles. The molecular formula is C45H72N14O12. The fraction of sp³-hybridized carbons (Fsp3) is 0.578. The van der Waals surface area contributed by atoms with Crippen LogP contribution in [0.1, 0.15) is 90.3 Å². The highest BCUT2D eigenvalue weighted by Crippen LogP contribution is 2.14. The standard InChI is InChI=1S/C45H72N14O12/c1-24(2)16-31(41(67)59-35(44(70)71)17-25(3)4)54-36(61)22-52-39(65)33(19-27-21-50-23-53-27)57-40(66)30(9-7-15-51-45(48)49)55-43(69)34(20-37(62)63)58-42(68)32(18-26-10-12-28(60)13-11-26)56-38(64)29(47)8-5-6-14-46/h10-13,21,23-25,29-35,60H,5-9,14-20,22,46-47H2,1-4H3,(H,50,53)(H,52,65)(H,54,61)(H,55,69)(H,56,64)(H,57,66)(H,58,68)(H,59,67)(H,62,63)(H,70,71)(H4,48,49,51)/t29-,30-,31-,32-,33-,34-,35-/m1/s1. The number of aromatic amines is 1. The lowest BCUT2D eigenvalue weighted by Gasteiger charge is -2.26. The molecule has 0 saturated carbocycles. The van der Waals surface area contributed by atoms with E-state index in [1.165, 1.54) is 36.8 Å². The van der Waals surface area contributed by atoms with Gasteiger partial charge in [0.25, 0.3) is 0 Å². The SMILES string of the molecule is CC(C)C[C@@H](NC(=O)[C@@H](CC(C)C)NC(=O)CNC(=O)[C@@H](Cc1cnc[nH]1)NC(=O)[C@@H](CCCN=C(N)N)NC(=O)[C@@H](CC(=O)O)NC(=O)[C@@H](Cc1ccc(O)cc1)NC(=O)[C@H](N)CCCCN)C(=O)O. The van der Waals surface area contributed by atoms with Gasteiger partial charge in [-0.2, -0.15) is 0 Å². The number of nitrogens with two attached hydrogens (primary N) is 4. The molecular weight excluding hydrogens is 929 g/mol. The number of benzene rings is 1. The number of imidazole rings is 1. The minimum Gasteiger partial charge on any atom is -0.508 e. The monoisotopic (exact) mass is 1000 g/mol. The van der Waals surface area contributed by atoms with E-state index in [0.29, 0.717) is 30.6 Å². The Kier molecular flexibility index (Phi) is 26.1. The number of phenols is 1. The van der Waals surface area contributed by atoms with Crippen LogP contribution in [0.25, 0.3) is 0 Å². The number of carboxylic acids is 2. The van der Waals surface area contributed by atoms with E-state index < -0.39 is 109 Å². The third-order valence-electron chi connectivity index (χ3n) is 10.6. The molecule has 0 saturated heterocycles.